The first-order chi connectivity index (χ1) is 13.2. The van der Waals surface area contributed by atoms with E-state index in [9.17, 15) is 22.0 Å². The SMILES string of the molecule is CN1CCN(c2nc3ccc(C(F)(F)C(F)(F)F)cc3c3cccnc23)CC1. The Morgan fingerprint density at radius 2 is 1.64 bits per heavy atom. The lowest BCUT2D eigenvalue weighted by atomic mass is 10.0. The van der Waals surface area contributed by atoms with Crippen molar-refractivity contribution in [2.24, 2.45) is 0 Å². The number of rotatable bonds is 2. The van der Waals surface area contributed by atoms with Gasteiger partial charge in [0.25, 0.3) is 0 Å². The third-order valence-corrected chi connectivity index (χ3v) is 5.05. The third kappa shape index (κ3) is 3.03. The van der Waals surface area contributed by atoms with E-state index in [0.29, 0.717) is 22.2 Å². The number of hydrogen-bond donors (Lipinski definition) is 0. The number of pyridine rings is 2. The zero-order valence-corrected chi connectivity index (χ0v) is 15.0. The van der Waals surface area contributed by atoms with Crippen LogP contribution in [0.2, 0.25) is 0 Å². The molecule has 0 amide bonds. The van der Waals surface area contributed by atoms with Crippen molar-refractivity contribution in [1.29, 1.82) is 0 Å². The van der Waals surface area contributed by atoms with E-state index in [1.807, 2.05) is 7.05 Å². The van der Waals surface area contributed by atoms with Gasteiger partial charge in [-0.2, -0.15) is 22.0 Å². The summed E-state index contributed by atoms with van der Waals surface area (Å²) in [5.41, 5.74) is -0.255. The molecule has 1 aliphatic heterocycles. The molecule has 3 aromatic rings. The van der Waals surface area contributed by atoms with Crippen molar-refractivity contribution in [3.63, 3.8) is 0 Å². The molecular formula is C19H17F5N4. The molecule has 0 radical (unpaired) electrons. The zero-order valence-electron chi connectivity index (χ0n) is 15.0. The monoisotopic (exact) mass is 396 g/mol. The van der Waals surface area contributed by atoms with Gasteiger partial charge in [0, 0.05) is 48.7 Å². The Morgan fingerprint density at radius 3 is 2.32 bits per heavy atom. The van der Waals surface area contributed by atoms with Gasteiger partial charge >= 0.3 is 12.1 Å². The largest absolute Gasteiger partial charge is 0.458 e. The van der Waals surface area contributed by atoms with Gasteiger partial charge in [-0.15, -0.1) is 0 Å². The van der Waals surface area contributed by atoms with Gasteiger partial charge in [0.05, 0.1) is 5.52 Å². The average molecular weight is 396 g/mol. The minimum Gasteiger partial charge on any atom is -0.352 e. The van der Waals surface area contributed by atoms with E-state index in [-0.39, 0.29) is 5.39 Å². The molecule has 3 heterocycles. The molecule has 9 heteroatoms. The summed E-state index contributed by atoms with van der Waals surface area (Å²) in [6.07, 6.45) is -4.11. The predicted molar refractivity (Wildman–Crippen MR) is 96.7 cm³/mol. The first-order valence-electron chi connectivity index (χ1n) is 8.75. The Balaban J connectivity index is 1.90. The molecule has 4 nitrogen and oxygen atoms in total. The zero-order chi connectivity index (χ0) is 20.1. The highest BCUT2D eigenvalue weighted by Gasteiger charge is 2.58. The summed E-state index contributed by atoms with van der Waals surface area (Å²) >= 11 is 0. The Bertz CT molecular complexity index is 1030. The quantitative estimate of drug-likeness (QED) is 0.480. The van der Waals surface area contributed by atoms with E-state index in [1.54, 1.807) is 18.3 Å². The molecule has 1 saturated heterocycles. The van der Waals surface area contributed by atoms with E-state index in [2.05, 4.69) is 19.8 Å². The van der Waals surface area contributed by atoms with Crippen LogP contribution >= 0.6 is 0 Å². The number of piperazine rings is 1. The molecular weight excluding hydrogens is 379 g/mol. The van der Waals surface area contributed by atoms with Crippen LogP contribution in [0.4, 0.5) is 27.8 Å². The van der Waals surface area contributed by atoms with Gasteiger partial charge in [-0.05, 0) is 25.2 Å². The standard InChI is InChI=1S/C19H17F5N4/c1-27-7-9-28(10-8-27)17-16-13(3-2-6-25-16)14-11-12(4-5-15(14)26-17)18(20,21)19(22,23)24/h2-6,11H,7-10H2,1H3. The van der Waals surface area contributed by atoms with Crippen LogP contribution in [0.15, 0.2) is 36.5 Å². The maximum absolute atomic E-state index is 13.8. The van der Waals surface area contributed by atoms with Crippen LogP contribution in [0.25, 0.3) is 21.8 Å². The van der Waals surface area contributed by atoms with Crippen LogP contribution < -0.4 is 4.90 Å². The predicted octanol–water partition coefficient (Wildman–Crippen LogP) is 4.19. The number of halogens is 5. The van der Waals surface area contributed by atoms with Gasteiger partial charge in [0.2, 0.25) is 0 Å². The highest BCUT2D eigenvalue weighted by Crippen LogP contribution is 2.45. The van der Waals surface area contributed by atoms with E-state index < -0.39 is 17.7 Å². The van der Waals surface area contributed by atoms with Crippen LogP contribution in [0.5, 0.6) is 0 Å². The summed E-state index contributed by atoms with van der Waals surface area (Å²) in [4.78, 5) is 13.1. The first kappa shape index (κ1) is 18.8. The van der Waals surface area contributed by atoms with E-state index >= 15 is 0 Å². The van der Waals surface area contributed by atoms with Crippen LogP contribution in [0.1, 0.15) is 5.56 Å². The van der Waals surface area contributed by atoms with Crippen LogP contribution in [0, 0.1) is 0 Å². The summed E-state index contributed by atoms with van der Waals surface area (Å²) < 4.78 is 66.0. The van der Waals surface area contributed by atoms with E-state index in [4.69, 9.17) is 0 Å². The normalized spacial score (nSPS) is 16.9. The van der Waals surface area contributed by atoms with Crippen molar-refractivity contribution in [3.05, 3.63) is 42.1 Å². The fourth-order valence-corrected chi connectivity index (χ4v) is 3.41. The number of aromatic nitrogens is 2. The molecule has 1 fully saturated rings. The fraction of sp³-hybridized carbons (Fsp3) is 0.368. The molecule has 1 aliphatic rings. The highest BCUT2D eigenvalue weighted by molar-refractivity contribution is 6.08. The van der Waals surface area contributed by atoms with Gasteiger partial charge in [0.1, 0.15) is 5.52 Å². The maximum atomic E-state index is 13.8. The summed E-state index contributed by atoms with van der Waals surface area (Å²) in [6.45, 7) is 3.13. The molecule has 0 aliphatic carbocycles. The van der Waals surface area contributed by atoms with Crippen molar-refractivity contribution in [1.82, 2.24) is 14.9 Å². The van der Waals surface area contributed by atoms with Crippen molar-refractivity contribution < 1.29 is 22.0 Å². The smallest absolute Gasteiger partial charge is 0.352 e. The molecule has 2 aromatic heterocycles. The second-order valence-corrected chi connectivity index (χ2v) is 6.93. The van der Waals surface area contributed by atoms with E-state index in [0.717, 1.165) is 38.3 Å². The molecule has 28 heavy (non-hydrogen) atoms. The first-order valence-corrected chi connectivity index (χ1v) is 8.75. The number of benzene rings is 1. The van der Waals surface area contributed by atoms with Crippen LogP contribution in [-0.4, -0.2) is 54.3 Å². The van der Waals surface area contributed by atoms with Gasteiger partial charge in [-0.1, -0.05) is 12.1 Å². The molecule has 4 rings (SSSR count). The molecule has 0 N–H and O–H groups in total. The fourth-order valence-electron chi connectivity index (χ4n) is 3.41. The number of nitrogens with zero attached hydrogens (tertiary/aromatic N) is 4. The molecule has 0 spiro atoms. The van der Waals surface area contributed by atoms with Crippen molar-refractivity contribution in [2.75, 3.05) is 38.1 Å². The lowest BCUT2D eigenvalue weighted by molar-refractivity contribution is -0.289. The molecule has 0 atom stereocenters. The molecule has 148 valence electrons. The van der Waals surface area contributed by atoms with E-state index in [1.165, 1.54) is 6.07 Å². The third-order valence-electron chi connectivity index (χ3n) is 5.05. The van der Waals surface area contributed by atoms with Crippen LogP contribution in [0.3, 0.4) is 0 Å². The van der Waals surface area contributed by atoms with Crippen molar-refractivity contribution >= 4 is 27.6 Å². The van der Waals surface area contributed by atoms with Crippen molar-refractivity contribution in [2.45, 2.75) is 12.1 Å². The minimum absolute atomic E-state index is 0.224. The second kappa shape index (κ2) is 6.51. The molecule has 0 bridgehead atoms. The van der Waals surface area contributed by atoms with Gasteiger partial charge in [0.15, 0.2) is 5.82 Å². The molecule has 0 unspecified atom stereocenters. The topological polar surface area (TPSA) is 32.3 Å². The summed E-state index contributed by atoms with van der Waals surface area (Å²) in [7, 11) is 2.02. The highest BCUT2D eigenvalue weighted by atomic mass is 19.4. The number of alkyl halides is 5. The molecule has 0 saturated carbocycles. The number of fused-ring (bicyclic) bond motifs is 3. The van der Waals surface area contributed by atoms with Crippen LogP contribution in [-0.2, 0) is 5.92 Å². The maximum Gasteiger partial charge on any atom is 0.458 e. The summed E-state index contributed by atoms with van der Waals surface area (Å²) in [6, 6.07) is 6.17. The number of anilines is 1. The number of hydrogen-bond acceptors (Lipinski definition) is 4. The Hall–Kier alpha value is -2.55. The Labute approximate surface area is 157 Å². The van der Waals surface area contributed by atoms with Gasteiger partial charge in [-0.3, -0.25) is 4.98 Å². The average Bonchev–Trinajstić information content (AvgIpc) is 2.67. The van der Waals surface area contributed by atoms with Gasteiger partial charge in [-0.25, -0.2) is 4.98 Å². The molecule has 1 aromatic carbocycles. The Morgan fingerprint density at radius 1 is 0.929 bits per heavy atom. The second-order valence-electron chi connectivity index (χ2n) is 6.93. The Kier molecular flexibility index (Phi) is 4.37. The lowest BCUT2D eigenvalue weighted by Crippen LogP contribution is -2.45. The summed E-state index contributed by atoms with van der Waals surface area (Å²) in [5.74, 6) is -4.32. The minimum atomic E-state index is -5.66. The number of likely N-dealkylation sites (N-methyl/N-ethyl adjacent to an activating group) is 1. The lowest BCUT2D eigenvalue weighted by Gasteiger charge is -2.33. The van der Waals surface area contributed by atoms with Crippen molar-refractivity contribution in [3.8, 4) is 0 Å². The van der Waals surface area contributed by atoms with Gasteiger partial charge < -0.3 is 9.80 Å². The summed E-state index contributed by atoms with van der Waals surface area (Å²) in [5, 5.41) is 0.726.